The average Bonchev–Trinajstić information content (AvgIpc) is 2.87. The number of morpholine rings is 1. The fraction of sp³-hybridized carbons (Fsp3) is 0.320. The lowest BCUT2D eigenvalue weighted by atomic mass is 10.1. The molecule has 0 radical (unpaired) electrons. The minimum atomic E-state index is -3.72. The van der Waals surface area contributed by atoms with Gasteiger partial charge in [0.25, 0.3) is 5.56 Å². The number of aromatic nitrogens is 2. The second-order valence-electron chi connectivity index (χ2n) is 8.28. The average molecular weight is 497 g/mol. The van der Waals surface area contributed by atoms with Crippen LogP contribution in [0.5, 0.6) is 0 Å². The Balaban J connectivity index is 1.68. The summed E-state index contributed by atoms with van der Waals surface area (Å²) >= 11 is 0. The van der Waals surface area contributed by atoms with Crippen LogP contribution in [0.15, 0.2) is 70.4 Å². The van der Waals surface area contributed by atoms with E-state index in [9.17, 15) is 18.0 Å². The molecule has 35 heavy (non-hydrogen) atoms. The zero-order valence-corrected chi connectivity index (χ0v) is 20.5. The lowest BCUT2D eigenvalue weighted by molar-refractivity contribution is -0.119. The summed E-state index contributed by atoms with van der Waals surface area (Å²) in [5, 5.41) is 7.27. The second kappa shape index (κ2) is 10.5. The van der Waals surface area contributed by atoms with Crippen LogP contribution in [0.4, 0.5) is 5.69 Å². The minimum absolute atomic E-state index is 0.185. The van der Waals surface area contributed by atoms with Crippen molar-refractivity contribution in [2.45, 2.75) is 31.2 Å². The van der Waals surface area contributed by atoms with Gasteiger partial charge in [0.15, 0.2) is 0 Å². The molecule has 9 nitrogen and oxygen atoms in total. The monoisotopic (exact) mass is 496 g/mol. The number of nitrogens with zero attached hydrogens (tertiary/aromatic N) is 3. The third-order valence-corrected chi connectivity index (χ3v) is 7.96. The molecule has 0 bridgehead atoms. The van der Waals surface area contributed by atoms with E-state index in [1.807, 2.05) is 18.2 Å². The molecule has 0 aliphatic carbocycles. The largest absolute Gasteiger partial charge is 0.379 e. The summed E-state index contributed by atoms with van der Waals surface area (Å²) in [6.45, 7) is 4.84. The maximum Gasteiger partial charge on any atom is 0.267 e. The number of carbonyl (C=O) groups is 1. The molecule has 2 aromatic carbocycles. The van der Waals surface area contributed by atoms with Crippen LogP contribution in [-0.2, 0) is 19.6 Å². The van der Waals surface area contributed by atoms with Crippen molar-refractivity contribution in [2.24, 2.45) is 0 Å². The van der Waals surface area contributed by atoms with Crippen LogP contribution in [0.2, 0.25) is 0 Å². The molecule has 1 aromatic heterocycles. The van der Waals surface area contributed by atoms with Crippen molar-refractivity contribution in [3.63, 3.8) is 0 Å². The number of ether oxygens (including phenoxy) is 1. The standard InChI is InChI=1S/C25H28N4O5S/c1-3-22(25(31)26-20-7-5-4-6-8-20)29-24(30)12-11-21(27-29)19-10-9-18(2)23(17-19)35(32,33)28-13-15-34-16-14-28/h4-12,17,22H,3,13-16H2,1-2H3,(H,26,31)/t22-/m1/s1. The van der Waals surface area contributed by atoms with E-state index in [0.29, 0.717) is 55.2 Å². The number of rotatable bonds is 7. The molecule has 3 aromatic rings. The van der Waals surface area contributed by atoms with E-state index in [4.69, 9.17) is 4.74 Å². The van der Waals surface area contributed by atoms with Crippen LogP contribution in [0.25, 0.3) is 11.3 Å². The first-order valence-corrected chi connectivity index (χ1v) is 12.9. The first kappa shape index (κ1) is 24.8. The molecule has 1 fully saturated rings. The number of sulfonamides is 1. The molecular formula is C25H28N4O5S. The van der Waals surface area contributed by atoms with Gasteiger partial charge in [0, 0.05) is 30.4 Å². The van der Waals surface area contributed by atoms with Gasteiger partial charge >= 0.3 is 0 Å². The lowest BCUT2D eigenvalue weighted by Gasteiger charge is -2.26. The number of para-hydroxylation sites is 1. The number of carbonyl (C=O) groups excluding carboxylic acids is 1. The van der Waals surface area contributed by atoms with E-state index in [2.05, 4.69) is 10.4 Å². The Kier molecular flexibility index (Phi) is 7.44. The van der Waals surface area contributed by atoms with E-state index in [-0.39, 0.29) is 10.8 Å². The molecule has 4 rings (SSSR count). The first-order valence-electron chi connectivity index (χ1n) is 11.5. The number of hydrogen-bond donors (Lipinski definition) is 1. The van der Waals surface area contributed by atoms with Crippen LogP contribution in [0.1, 0.15) is 24.9 Å². The predicted octanol–water partition coefficient (Wildman–Crippen LogP) is 2.83. The van der Waals surface area contributed by atoms with Gasteiger partial charge in [-0.3, -0.25) is 9.59 Å². The normalized spacial score (nSPS) is 15.5. The van der Waals surface area contributed by atoms with Crippen molar-refractivity contribution in [3.05, 3.63) is 76.6 Å². The van der Waals surface area contributed by atoms with Gasteiger partial charge in [0.2, 0.25) is 15.9 Å². The highest BCUT2D eigenvalue weighted by Crippen LogP contribution is 2.27. The lowest BCUT2D eigenvalue weighted by Crippen LogP contribution is -2.40. The van der Waals surface area contributed by atoms with Crippen LogP contribution >= 0.6 is 0 Å². The molecule has 1 amide bonds. The van der Waals surface area contributed by atoms with Crippen molar-refractivity contribution in [3.8, 4) is 11.3 Å². The Morgan fingerprint density at radius 3 is 2.49 bits per heavy atom. The van der Waals surface area contributed by atoms with E-state index < -0.39 is 21.6 Å². The van der Waals surface area contributed by atoms with Gasteiger partial charge in [-0.2, -0.15) is 9.40 Å². The van der Waals surface area contributed by atoms with Gasteiger partial charge in [0.05, 0.1) is 23.8 Å². The van der Waals surface area contributed by atoms with Crippen LogP contribution in [-0.4, -0.2) is 54.7 Å². The number of amides is 1. The van der Waals surface area contributed by atoms with E-state index in [0.717, 1.165) is 4.68 Å². The Hall–Kier alpha value is -3.34. The topological polar surface area (TPSA) is 111 Å². The van der Waals surface area contributed by atoms with Crippen molar-refractivity contribution in [1.29, 1.82) is 0 Å². The van der Waals surface area contributed by atoms with Crippen molar-refractivity contribution in [2.75, 3.05) is 31.6 Å². The molecule has 1 aliphatic rings. The number of nitrogens with one attached hydrogen (secondary N) is 1. The fourth-order valence-electron chi connectivity index (χ4n) is 3.98. The Morgan fingerprint density at radius 1 is 1.09 bits per heavy atom. The van der Waals surface area contributed by atoms with Gasteiger partial charge in [-0.05, 0) is 43.2 Å². The summed E-state index contributed by atoms with van der Waals surface area (Å²) in [6.07, 6.45) is 0.347. The summed E-state index contributed by atoms with van der Waals surface area (Å²) in [7, 11) is -3.72. The van der Waals surface area contributed by atoms with Gasteiger partial charge in [0.1, 0.15) is 6.04 Å². The SMILES string of the molecule is CC[C@H](C(=O)Nc1ccccc1)n1nc(-c2ccc(C)c(S(=O)(=O)N3CCOCC3)c2)ccc1=O. The highest BCUT2D eigenvalue weighted by molar-refractivity contribution is 7.89. The summed E-state index contributed by atoms with van der Waals surface area (Å²) in [5.41, 5.74) is 1.75. The maximum atomic E-state index is 13.3. The third-order valence-electron chi connectivity index (χ3n) is 5.92. The van der Waals surface area contributed by atoms with Crippen LogP contribution in [0, 0.1) is 6.92 Å². The van der Waals surface area contributed by atoms with Gasteiger partial charge in [-0.1, -0.05) is 37.3 Å². The fourth-order valence-corrected chi connectivity index (χ4v) is 5.64. The molecule has 1 aliphatic heterocycles. The van der Waals surface area contributed by atoms with Crippen molar-refractivity contribution < 1.29 is 17.9 Å². The molecule has 184 valence electrons. The molecule has 1 saturated heterocycles. The molecule has 2 heterocycles. The Morgan fingerprint density at radius 2 is 1.80 bits per heavy atom. The number of hydrogen-bond acceptors (Lipinski definition) is 6. The highest BCUT2D eigenvalue weighted by Gasteiger charge is 2.28. The molecule has 0 spiro atoms. The number of anilines is 1. The van der Waals surface area contributed by atoms with E-state index in [1.54, 1.807) is 44.2 Å². The number of benzene rings is 2. The number of aryl methyl sites for hydroxylation is 1. The molecule has 1 atom stereocenters. The summed E-state index contributed by atoms with van der Waals surface area (Å²) in [6, 6.07) is 16.1. The second-order valence-corrected chi connectivity index (χ2v) is 10.2. The molecule has 1 N–H and O–H groups in total. The summed E-state index contributed by atoms with van der Waals surface area (Å²) < 4.78 is 34.4. The molecule has 10 heteroatoms. The Labute approximate surface area is 204 Å². The summed E-state index contributed by atoms with van der Waals surface area (Å²) in [5.74, 6) is -0.357. The van der Waals surface area contributed by atoms with Crippen LogP contribution in [0.3, 0.4) is 0 Å². The van der Waals surface area contributed by atoms with E-state index >= 15 is 0 Å². The zero-order chi connectivity index (χ0) is 25.0. The van der Waals surface area contributed by atoms with Gasteiger partial charge in [-0.25, -0.2) is 13.1 Å². The molecular weight excluding hydrogens is 468 g/mol. The first-order chi connectivity index (χ1) is 16.8. The van der Waals surface area contributed by atoms with Crippen molar-refractivity contribution >= 4 is 21.6 Å². The summed E-state index contributed by atoms with van der Waals surface area (Å²) in [4.78, 5) is 25.8. The predicted molar refractivity (Wildman–Crippen MR) is 133 cm³/mol. The highest BCUT2D eigenvalue weighted by atomic mass is 32.2. The van der Waals surface area contributed by atoms with Crippen molar-refractivity contribution in [1.82, 2.24) is 14.1 Å². The maximum absolute atomic E-state index is 13.3. The Bertz CT molecular complexity index is 1370. The molecule has 0 unspecified atom stereocenters. The van der Waals surface area contributed by atoms with Gasteiger partial charge < -0.3 is 10.1 Å². The quantitative estimate of drug-likeness (QED) is 0.539. The molecule has 0 saturated carbocycles. The van der Waals surface area contributed by atoms with Crippen LogP contribution < -0.4 is 10.9 Å². The van der Waals surface area contributed by atoms with Gasteiger partial charge in [-0.15, -0.1) is 0 Å². The minimum Gasteiger partial charge on any atom is -0.379 e. The third kappa shape index (κ3) is 5.34. The smallest absolute Gasteiger partial charge is 0.267 e. The van der Waals surface area contributed by atoms with E-state index in [1.165, 1.54) is 16.4 Å². The zero-order valence-electron chi connectivity index (χ0n) is 19.7.